The van der Waals surface area contributed by atoms with Gasteiger partial charge in [0, 0.05) is 31.9 Å². The second-order valence-electron chi connectivity index (χ2n) is 4.45. The standard InChI is InChI=1S/C12H19N3O2S/c1-10-7-11(15-5-3-14-4-6-15)9-12(8-10)18(16,17)13-2/h7-9,13-14H,3-6H2,1-2H3. The molecule has 0 saturated carbocycles. The highest BCUT2D eigenvalue weighted by atomic mass is 32.2. The smallest absolute Gasteiger partial charge is 0.240 e. The number of sulfonamides is 1. The number of anilines is 1. The van der Waals surface area contributed by atoms with Crippen LogP contribution in [0, 0.1) is 6.92 Å². The molecule has 1 heterocycles. The summed E-state index contributed by atoms with van der Waals surface area (Å²) >= 11 is 0. The van der Waals surface area contributed by atoms with Crippen molar-refractivity contribution in [2.75, 3.05) is 38.1 Å². The van der Waals surface area contributed by atoms with E-state index in [2.05, 4.69) is 14.9 Å². The lowest BCUT2D eigenvalue weighted by atomic mass is 10.2. The van der Waals surface area contributed by atoms with Crippen molar-refractivity contribution >= 4 is 15.7 Å². The molecule has 0 bridgehead atoms. The summed E-state index contributed by atoms with van der Waals surface area (Å²) in [7, 11) is -1.94. The summed E-state index contributed by atoms with van der Waals surface area (Å²) in [5.41, 5.74) is 1.94. The Hall–Kier alpha value is -1.11. The Bertz CT molecular complexity index is 522. The van der Waals surface area contributed by atoms with Crippen LogP contribution in [0.2, 0.25) is 0 Å². The first-order valence-electron chi connectivity index (χ1n) is 6.04. The van der Waals surface area contributed by atoms with Gasteiger partial charge in [0.1, 0.15) is 0 Å². The molecule has 0 aliphatic carbocycles. The van der Waals surface area contributed by atoms with E-state index < -0.39 is 10.0 Å². The summed E-state index contributed by atoms with van der Waals surface area (Å²) in [6, 6.07) is 5.46. The second kappa shape index (κ2) is 5.26. The molecule has 1 saturated heterocycles. The number of nitrogens with one attached hydrogen (secondary N) is 2. The Morgan fingerprint density at radius 1 is 1.22 bits per heavy atom. The van der Waals surface area contributed by atoms with Crippen LogP contribution in [0.1, 0.15) is 5.56 Å². The van der Waals surface area contributed by atoms with Gasteiger partial charge in [0.15, 0.2) is 0 Å². The Balaban J connectivity index is 2.37. The van der Waals surface area contributed by atoms with E-state index in [4.69, 9.17) is 0 Å². The van der Waals surface area contributed by atoms with E-state index >= 15 is 0 Å². The predicted molar refractivity (Wildman–Crippen MR) is 72.5 cm³/mol. The van der Waals surface area contributed by atoms with E-state index in [0.717, 1.165) is 37.4 Å². The summed E-state index contributed by atoms with van der Waals surface area (Å²) in [5, 5.41) is 3.28. The topological polar surface area (TPSA) is 61.4 Å². The van der Waals surface area contributed by atoms with Crippen LogP contribution in [0.25, 0.3) is 0 Å². The van der Waals surface area contributed by atoms with Gasteiger partial charge in [0.05, 0.1) is 4.90 Å². The third-order valence-electron chi connectivity index (χ3n) is 3.10. The molecule has 1 aliphatic heterocycles. The van der Waals surface area contributed by atoms with E-state index in [9.17, 15) is 8.42 Å². The van der Waals surface area contributed by atoms with Crippen molar-refractivity contribution in [2.45, 2.75) is 11.8 Å². The minimum absolute atomic E-state index is 0.332. The molecule has 5 nitrogen and oxygen atoms in total. The van der Waals surface area contributed by atoms with Gasteiger partial charge in [-0.2, -0.15) is 0 Å². The lowest BCUT2D eigenvalue weighted by Crippen LogP contribution is -2.43. The maximum atomic E-state index is 11.8. The third kappa shape index (κ3) is 2.82. The minimum atomic E-state index is -3.37. The molecule has 0 unspecified atom stereocenters. The van der Waals surface area contributed by atoms with E-state index in [1.54, 1.807) is 12.1 Å². The largest absolute Gasteiger partial charge is 0.369 e. The van der Waals surface area contributed by atoms with Gasteiger partial charge in [-0.25, -0.2) is 13.1 Å². The van der Waals surface area contributed by atoms with Gasteiger partial charge in [0.25, 0.3) is 0 Å². The van der Waals surface area contributed by atoms with Gasteiger partial charge >= 0.3 is 0 Å². The van der Waals surface area contributed by atoms with Crippen molar-refractivity contribution in [3.63, 3.8) is 0 Å². The van der Waals surface area contributed by atoms with Crippen LogP contribution < -0.4 is 14.9 Å². The number of hydrogen-bond acceptors (Lipinski definition) is 4. The highest BCUT2D eigenvalue weighted by Crippen LogP contribution is 2.22. The lowest BCUT2D eigenvalue weighted by molar-refractivity contribution is 0.584. The summed E-state index contributed by atoms with van der Waals surface area (Å²) in [4.78, 5) is 2.54. The fourth-order valence-electron chi connectivity index (χ4n) is 2.11. The Kier molecular flexibility index (Phi) is 3.89. The SMILES string of the molecule is CNS(=O)(=O)c1cc(C)cc(N2CCNCC2)c1. The summed E-state index contributed by atoms with van der Waals surface area (Å²) in [6.07, 6.45) is 0. The number of hydrogen-bond donors (Lipinski definition) is 2. The molecule has 0 atom stereocenters. The van der Waals surface area contributed by atoms with Crippen molar-refractivity contribution in [3.8, 4) is 0 Å². The van der Waals surface area contributed by atoms with Gasteiger partial charge in [-0.3, -0.25) is 0 Å². The average molecular weight is 269 g/mol. The summed E-state index contributed by atoms with van der Waals surface area (Å²) in [6.45, 7) is 5.59. The van der Waals surface area contributed by atoms with Crippen molar-refractivity contribution in [1.82, 2.24) is 10.0 Å². The van der Waals surface area contributed by atoms with Gasteiger partial charge in [-0.15, -0.1) is 0 Å². The molecular formula is C12H19N3O2S. The predicted octanol–water partition coefficient (Wildman–Crippen LogP) is 0.313. The molecule has 1 fully saturated rings. The summed E-state index contributed by atoms with van der Waals surface area (Å²) in [5.74, 6) is 0. The molecule has 0 amide bonds. The lowest BCUT2D eigenvalue weighted by Gasteiger charge is -2.30. The Labute approximate surface area is 108 Å². The molecule has 2 rings (SSSR count). The normalized spacial score (nSPS) is 16.9. The molecule has 1 aromatic carbocycles. The first-order valence-corrected chi connectivity index (χ1v) is 7.52. The van der Waals surface area contributed by atoms with E-state index in [-0.39, 0.29) is 0 Å². The highest BCUT2D eigenvalue weighted by Gasteiger charge is 2.16. The van der Waals surface area contributed by atoms with Crippen LogP contribution in [-0.2, 0) is 10.0 Å². The molecule has 18 heavy (non-hydrogen) atoms. The first-order chi connectivity index (χ1) is 8.53. The van der Waals surface area contributed by atoms with Crippen molar-refractivity contribution in [1.29, 1.82) is 0 Å². The molecule has 1 aliphatic rings. The number of nitrogens with zero attached hydrogens (tertiary/aromatic N) is 1. The zero-order valence-electron chi connectivity index (χ0n) is 10.7. The molecule has 100 valence electrons. The third-order valence-corrected chi connectivity index (χ3v) is 4.49. The van der Waals surface area contributed by atoms with Gasteiger partial charge in [0.2, 0.25) is 10.0 Å². The number of piperazine rings is 1. The molecule has 1 aromatic rings. The Morgan fingerprint density at radius 3 is 2.50 bits per heavy atom. The maximum Gasteiger partial charge on any atom is 0.240 e. The van der Waals surface area contributed by atoms with E-state index in [1.165, 1.54) is 7.05 Å². The van der Waals surface area contributed by atoms with Gasteiger partial charge < -0.3 is 10.2 Å². The van der Waals surface area contributed by atoms with Crippen molar-refractivity contribution < 1.29 is 8.42 Å². The van der Waals surface area contributed by atoms with E-state index in [1.807, 2.05) is 13.0 Å². The second-order valence-corrected chi connectivity index (χ2v) is 6.34. The molecule has 2 N–H and O–H groups in total. The van der Waals surface area contributed by atoms with Crippen LogP contribution in [-0.4, -0.2) is 41.6 Å². The monoisotopic (exact) mass is 269 g/mol. The zero-order valence-corrected chi connectivity index (χ0v) is 11.5. The van der Waals surface area contributed by atoms with E-state index in [0.29, 0.717) is 4.90 Å². The van der Waals surface area contributed by atoms with Crippen LogP contribution >= 0.6 is 0 Å². The number of rotatable bonds is 3. The summed E-state index contributed by atoms with van der Waals surface area (Å²) < 4.78 is 26.0. The van der Waals surface area contributed by atoms with Crippen molar-refractivity contribution in [3.05, 3.63) is 23.8 Å². The van der Waals surface area contributed by atoms with Gasteiger partial charge in [-0.1, -0.05) is 0 Å². The van der Waals surface area contributed by atoms with Crippen LogP contribution in [0.3, 0.4) is 0 Å². The Morgan fingerprint density at radius 2 is 1.89 bits per heavy atom. The first kappa shape index (κ1) is 13.3. The molecule has 0 aromatic heterocycles. The molecule has 0 spiro atoms. The van der Waals surface area contributed by atoms with Crippen LogP contribution in [0.15, 0.2) is 23.1 Å². The molecule has 6 heteroatoms. The zero-order chi connectivity index (χ0) is 13.2. The fourth-order valence-corrected chi connectivity index (χ4v) is 2.96. The average Bonchev–Trinajstić information content (AvgIpc) is 2.39. The van der Waals surface area contributed by atoms with Crippen LogP contribution in [0.4, 0.5) is 5.69 Å². The maximum absolute atomic E-state index is 11.8. The van der Waals surface area contributed by atoms with Crippen LogP contribution in [0.5, 0.6) is 0 Å². The fraction of sp³-hybridized carbons (Fsp3) is 0.500. The molecular weight excluding hydrogens is 250 g/mol. The quantitative estimate of drug-likeness (QED) is 0.829. The number of benzene rings is 1. The highest BCUT2D eigenvalue weighted by molar-refractivity contribution is 7.89. The molecule has 0 radical (unpaired) electrons. The number of aryl methyl sites for hydroxylation is 1. The van der Waals surface area contributed by atoms with Gasteiger partial charge in [-0.05, 0) is 37.7 Å². The van der Waals surface area contributed by atoms with Crippen molar-refractivity contribution in [2.24, 2.45) is 0 Å². The minimum Gasteiger partial charge on any atom is -0.369 e.